The van der Waals surface area contributed by atoms with Crippen LogP contribution in [0, 0.1) is 0 Å². The summed E-state index contributed by atoms with van der Waals surface area (Å²) in [7, 11) is 1.46. The summed E-state index contributed by atoms with van der Waals surface area (Å²) in [5.41, 5.74) is 1.04. The number of benzene rings is 1. The molecule has 15 heavy (non-hydrogen) atoms. The summed E-state index contributed by atoms with van der Waals surface area (Å²) in [5, 5.41) is 0. The molecule has 1 aromatic heterocycles. The number of rotatable bonds is 3. The predicted octanol–water partition coefficient (Wildman–Crippen LogP) is 1.50. The van der Waals surface area contributed by atoms with Crippen molar-refractivity contribution in [2.45, 2.75) is 6.54 Å². The summed E-state index contributed by atoms with van der Waals surface area (Å²) in [5.74, 6) is -0.174. The van der Waals surface area contributed by atoms with Crippen LogP contribution in [0.25, 0.3) is 0 Å². The van der Waals surface area contributed by atoms with E-state index in [-0.39, 0.29) is 5.95 Å². The molecule has 0 fully saturated rings. The fraction of sp³-hybridized carbons (Fsp3) is 0.182. The molecule has 2 rings (SSSR count). The first-order chi connectivity index (χ1) is 7.29. The van der Waals surface area contributed by atoms with E-state index in [1.54, 1.807) is 6.20 Å². The molecule has 4 nitrogen and oxygen atoms in total. The maximum absolute atomic E-state index is 11.3. The van der Waals surface area contributed by atoms with Gasteiger partial charge in [0.05, 0.1) is 19.9 Å². The molecule has 1 heterocycles. The molecule has 0 bridgehead atoms. The van der Waals surface area contributed by atoms with E-state index < -0.39 is 5.76 Å². The van der Waals surface area contributed by atoms with Crippen LogP contribution in [-0.4, -0.2) is 11.7 Å². The highest BCUT2D eigenvalue weighted by atomic mass is 16.6. The lowest BCUT2D eigenvalue weighted by Gasteiger charge is -1.98. The van der Waals surface area contributed by atoms with E-state index in [1.807, 2.05) is 30.3 Å². The first-order valence-electron chi connectivity index (χ1n) is 4.58. The van der Waals surface area contributed by atoms with Crippen LogP contribution in [0.2, 0.25) is 0 Å². The third kappa shape index (κ3) is 2.10. The van der Waals surface area contributed by atoms with Gasteiger partial charge in [-0.2, -0.15) is 0 Å². The van der Waals surface area contributed by atoms with Crippen LogP contribution in [0.15, 0.2) is 45.7 Å². The van der Waals surface area contributed by atoms with Gasteiger partial charge < -0.3 is 9.15 Å². The molecule has 0 amide bonds. The van der Waals surface area contributed by atoms with Gasteiger partial charge in [-0.15, -0.1) is 0 Å². The number of methoxy groups -OCH3 is 1. The molecule has 4 heteroatoms. The topological polar surface area (TPSA) is 44.4 Å². The minimum Gasteiger partial charge on any atom is -0.467 e. The molecule has 0 radical (unpaired) electrons. The minimum atomic E-state index is -0.407. The van der Waals surface area contributed by atoms with Crippen molar-refractivity contribution in [3.63, 3.8) is 0 Å². The molecule has 1 aromatic carbocycles. The minimum absolute atomic E-state index is 0.232. The monoisotopic (exact) mass is 205 g/mol. The van der Waals surface area contributed by atoms with E-state index in [1.165, 1.54) is 11.7 Å². The van der Waals surface area contributed by atoms with E-state index >= 15 is 0 Å². The molecule has 0 N–H and O–H groups in total. The molecule has 0 unspecified atom stereocenters. The second-order valence-corrected chi connectivity index (χ2v) is 3.13. The molecule has 0 saturated heterocycles. The molecule has 0 aliphatic carbocycles. The highest BCUT2D eigenvalue weighted by Gasteiger charge is 2.05. The van der Waals surface area contributed by atoms with Crippen molar-refractivity contribution >= 4 is 0 Å². The van der Waals surface area contributed by atoms with Gasteiger partial charge in [-0.05, 0) is 5.56 Å². The van der Waals surface area contributed by atoms with E-state index in [0.717, 1.165) is 5.56 Å². The summed E-state index contributed by atoms with van der Waals surface area (Å²) >= 11 is 0. The first kappa shape index (κ1) is 9.58. The average molecular weight is 205 g/mol. The molecule has 78 valence electrons. The summed E-state index contributed by atoms with van der Waals surface area (Å²) in [4.78, 5) is 11.3. The standard InChI is InChI=1S/C11H11NO3/c1-14-10-8-12(11(13)15-10)7-9-5-3-2-4-6-9/h2-6,8H,7H2,1H3. The Bertz CT molecular complexity index is 484. The Kier molecular flexibility index (Phi) is 2.58. The van der Waals surface area contributed by atoms with Gasteiger partial charge in [0.2, 0.25) is 0 Å². The van der Waals surface area contributed by atoms with E-state index in [2.05, 4.69) is 0 Å². The van der Waals surface area contributed by atoms with Crippen molar-refractivity contribution in [1.29, 1.82) is 0 Å². The lowest BCUT2D eigenvalue weighted by atomic mass is 10.2. The van der Waals surface area contributed by atoms with E-state index in [4.69, 9.17) is 9.15 Å². The smallest absolute Gasteiger partial charge is 0.422 e. The van der Waals surface area contributed by atoms with Crippen LogP contribution in [0.4, 0.5) is 0 Å². The van der Waals surface area contributed by atoms with Gasteiger partial charge in [0.25, 0.3) is 0 Å². The van der Waals surface area contributed by atoms with Crippen LogP contribution in [-0.2, 0) is 6.54 Å². The molecular formula is C11H11NO3. The molecule has 0 aliphatic heterocycles. The summed E-state index contributed by atoms with van der Waals surface area (Å²) in [6.45, 7) is 0.493. The first-order valence-corrected chi connectivity index (χ1v) is 4.58. The number of nitrogens with zero attached hydrogens (tertiary/aromatic N) is 1. The second-order valence-electron chi connectivity index (χ2n) is 3.13. The van der Waals surface area contributed by atoms with Gasteiger partial charge in [-0.3, -0.25) is 4.57 Å². The lowest BCUT2D eigenvalue weighted by molar-refractivity contribution is 0.293. The van der Waals surface area contributed by atoms with Crippen LogP contribution in [0.3, 0.4) is 0 Å². The molecule has 0 saturated carbocycles. The van der Waals surface area contributed by atoms with Crippen molar-refractivity contribution < 1.29 is 9.15 Å². The van der Waals surface area contributed by atoms with Gasteiger partial charge in [-0.25, -0.2) is 4.79 Å². The zero-order valence-electron chi connectivity index (χ0n) is 8.34. The van der Waals surface area contributed by atoms with Crippen LogP contribution < -0.4 is 10.5 Å². The Morgan fingerprint density at radius 3 is 2.67 bits per heavy atom. The second kappa shape index (κ2) is 4.04. The number of oxazole rings is 1. The van der Waals surface area contributed by atoms with Gasteiger partial charge in [-0.1, -0.05) is 30.3 Å². The molecule has 0 atom stereocenters. The van der Waals surface area contributed by atoms with Gasteiger partial charge >= 0.3 is 11.7 Å². The van der Waals surface area contributed by atoms with Gasteiger partial charge in [0.15, 0.2) is 0 Å². The predicted molar refractivity (Wildman–Crippen MR) is 55.1 cm³/mol. The fourth-order valence-corrected chi connectivity index (χ4v) is 1.34. The maximum Gasteiger partial charge on any atom is 0.422 e. The third-order valence-corrected chi connectivity index (χ3v) is 2.08. The van der Waals surface area contributed by atoms with Crippen molar-refractivity contribution in [2.75, 3.05) is 7.11 Å². The summed E-state index contributed by atoms with van der Waals surface area (Å²) in [6, 6.07) is 9.69. The van der Waals surface area contributed by atoms with Crippen LogP contribution in [0.5, 0.6) is 5.95 Å². The van der Waals surface area contributed by atoms with E-state index in [9.17, 15) is 4.79 Å². The lowest BCUT2D eigenvalue weighted by Crippen LogP contribution is -2.13. The zero-order valence-corrected chi connectivity index (χ0v) is 8.34. The Morgan fingerprint density at radius 1 is 1.33 bits per heavy atom. The SMILES string of the molecule is COc1cn(Cc2ccccc2)c(=O)o1. The van der Waals surface area contributed by atoms with Crippen LogP contribution in [0.1, 0.15) is 5.56 Å². The maximum atomic E-state index is 11.3. The van der Waals surface area contributed by atoms with Gasteiger partial charge in [0.1, 0.15) is 0 Å². The molecule has 0 aliphatic rings. The van der Waals surface area contributed by atoms with Crippen molar-refractivity contribution in [3.05, 3.63) is 52.6 Å². The Balaban J connectivity index is 2.25. The van der Waals surface area contributed by atoms with Crippen molar-refractivity contribution in [3.8, 4) is 5.95 Å². The average Bonchev–Trinajstić information content (AvgIpc) is 2.61. The van der Waals surface area contributed by atoms with Crippen molar-refractivity contribution in [2.24, 2.45) is 0 Å². The van der Waals surface area contributed by atoms with Crippen LogP contribution >= 0.6 is 0 Å². The largest absolute Gasteiger partial charge is 0.467 e. The summed E-state index contributed by atoms with van der Waals surface area (Å²) < 4.78 is 11.1. The van der Waals surface area contributed by atoms with E-state index in [0.29, 0.717) is 6.54 Å². The number of hydrogen-bond acceptors (Lipinski definition) is 3. The normalized spacial score (nSPS) is 10.2. The quantitative estimate of drug-likeness (QED) is 0.762. The number of aromatic nitrogens is 1. The summed E-state index contributed by atoms with van der Waals surface area (Å²) in [6.07, 6.45) is 1.55. The Labute approximate surface area is 86.7 Å². The molecule has 0 spiro atoms. The molecule has 2 aromatic rings. The highest BCUT2D eigenvalue weighted by molar-refractivity contribution is 5.15. The Morgan fingerprint density at radius 2 is 2.07 bits per heavy atom. The number of hydrogen-bond donors (Lipinski definition) is 0. The zero-order chi connectivity index (χ0) is 10.7. The van der Waals surface area contributed by atoms with Gasteiger partial charge in [0, 0.05) is 0 Å². The third-order valence-electron chi connectivity index (χ3n) is 2.08. The highest BCUT2D eigenvalue weighted by Crippen LogP contribution is 2.07. The Hall–Kier alpha value is -1.97. The van der Waals surface area contributed by atoms with Crippen molar-refractivity contribution in [1.82, 2.24) is 4.57 Å². The fourth-order valence-electron chi connectivity index (χ4n) is 1.34. The molecular weight excluding hydrogens is 194 g/mol. The number of ether oxygens (including phenoxy) is 1.